The van der Waals surface area contributed by atoms with E-state index in [1.807, 2.05) is 23.6 Å². The lowest BCUT2D eigenvalue weighted by Crippen LogP contribution is -2.54. The summed E-state index contributed by atoms with van der Waals surface area (Å²) in [7, 11) is 2.09. The maximum absolute atomic E-state index is 11.4. The van der Waals surface area contributed by atoms with Crippen LogP contribution in [0, 0.1) is 0 Å². The quantitative estimate of drug-likeness (QED) is 0.671. The van der Waals surface area contributed by atoms with Crippen molar-refractivity contribution in [2.45, 2.75) is 50.7 Å². The molecular weight excluding hydrogens is 384 g/mol. The molecule has 0 amide bonds. The first kappa shape index (κ1) is 19.0. The first-order valence-electron chi connectivity index (χ1n) is 10.5. The fraction of sp³-hybridized carbons (Fsp3) is 0.571. The SMILES string of the molecule is CN(Cc1nc2c(s1)CCCC2)CC1(O)CCCN(c2ncnc3[nH]ccc23)C1. The molecule has 1 atom stereocenters. The number of β-amino-alcohol motifs (C(OH)–C–C–N with tert-alkyl or cyclic N) is 1. The molecule has 0 radical (unpaired) electrons. The van der Waals surface area contributed by atoms with Crippen LogP contribution < -0.4 is 4.90 Å². The van der Waals surface area contributed by atoms with Gasteiger partial charge in [0.2, 0.25) is 0 Å². The van der Waals surface area contributed by atoms with Gasteiger partial charge in [-0.2, -0.15) is 0 Å². The number of aromatic nitrogens is 4. The number of aromatic amines is 1. The van der Waals surface area contributed by atoms with Crippen molar-refractivity contribution in [3.63, 3.8) is 0 Å². The Balaban J connectivity index is 1.27. The van der Waals surface area contributed by atoms with Gasteiger partial charge in [0.25, 0.3) is 0 Å². The summed E-state index contributed by atoms with van der Waals surface area (Å²) in [6.07, 6.45) is 10.1. The van der Waals surface area contributed by atoms with E-state index in [0.29, 0.717) is 13.1 Å². The van der Waals surface area contributed by atoms with Crippen LogP contribution in [0.2, 0.25) is 0 Å². The van der Waals surface area contributed by atoms with Gasteiger partial charge < -0.3 is 15.0 Å². The molecule has 8 heteroatoms. The zero-order chi connectivity index (χ0) is 19.8. The molecular formula is C21H28N6OS. The molecule has 7 nitrogen and oxygen atoms in total. The molecule has 1 fully saturated rings. The third-order valence-corrected chi connectivity index (χ3v) is 7.19. The van der Waals surface area contributed by atoms with Crippen LogP contribution in [0.3, 0.4) is 0 Å². The van der Waals surface area contributed by atoms with Crippen molar-refractivity contribution >= 4 is 28.2 Å². The first-order chi connectivity index (χ1) is 14.1. The second-order valence-electron chi connectivity index (χ2n) is 8.54. The van der Waals surface area contributed by atoms with Gasteiger partial charge >= 0.3 is 0 Å². The van der Waals surface area contributed by atoms with Crippen molar-refractivity contribution in [2.75, 3.05) is 31.6 Å². The van der Waals surface area contributed by atoms with E-state index in [9.17, 15) is 5.11 Å². The lowest BCUT2D eigenvalue weighted by Gasteiger charge is -2.41. The average molecular weight is 413 g/mol. The van der Waals surface area contributed by atoms with E-state index >= 15 is 0 Å². The number of fused-ring (bicyclic) bond motifs is 2. The molecule has 0 aromatic carbocycles. The molecule has 0 bridgehead atoms. The van der Waals surface area contributed by atoms with Crippen LogP contribution in [0.5, 0.6) is 0 Å². The van der Waals surface area contributed by atoms with Crippen LogP contribution >= 0.6 is 11.3 Å². The normalized spacial score (nSPS) is 22.4. The van der Waals surface area contributed by atoms with Crippen LogP contribution in [0.1, 0.15) is 41.3 Å². The van der Waals surface area contributed by atoms with Crippen LogP contribution in [-0.2, 0) is 19.4 Å². The van der Waals surface area contributed by atoms with Crippen LogP contribution in [0.4, 0.5) is 5.82 Å². The minimum absolute atomic E-state index is 0.586. The molecule has 29 heavy (non-hydrogen) atoms. The maximum atomic E-state index is 11.4. The van der Waals surface area contributed by atoms with Gasteiger partial charge in [0.1, 0.15) is 22.8 Å². The fourth-order valence-corrected chi connectivity index (χ4v) is 6.03. The molecule has 1 aliphatic heterocycles. The summed E-state index contributed by atoms with van der Waals surface area (Å²) in [6.45, 7) is 2.93. The van der Waals surface area contributed by atoms with Crippen molar-refractivity contribution in [1.29, 1.82) is 0 Å². The summed E-state index contributed by atoms with van der Waals surface area (Å²) in [5.41, 5.74) is 1.40. The highest BCUT2D eigenvalue weighted by atomic mass is 32.1. The van der Waals surface area contributed by atoms with E-state index < -0.39 is 5.60 Å². The highest BCUT2D eigenvalue weighted by Crippen LogP contribution is 2.31. The lowest BCUT2D eigenvalue weighted by molar-refractivity contribution is -0.00343. The molecule has 1 unspecified atom stereocenters. The molecule has 3 aromatic rings. The maximum Gasteiger partial charge on any atom is 0.142 e. The molecule has 4 heterocycles. The predicted molar refractivity (Wildman–Crippen MR) is 115 cm³/mol. The monoisotopic (exact) mass is 412 g/mol. The van der Waals surface area contributed by atoms with E-state index in [2.05, 4.69) is 31.8 Å². The molecule has 0 saturated carbocycles. The van der Waals surface area contributed by atoms with Gasteiger partial charge in [0.05, 0.1) is 23.2 Å². The number of H-pyrrole nitrogens is 1. The molecule has 1 saturated heterocycles. The van der Waals surface area contributed by atoms with Gasteiger partial charge in [0.15, 0.2) is 0 Å². The average Bonchev–Trinajstić information content (AvgIpc) is 3.33. The number of hydrogen-bond donors (Lipinski definition) is 2. The Bertz CT molecular complexity index is 977. The molecule has 0 spiro atoms. The Hall–Kier alpha value is -2.03. The second-order valence-corrected chi connectivity index (χ2v) is 9.71. The largest absolute Gasteiger partial charge is 0.387 e. The Labute approximate surface area is 174 Å². The molecule has 3 aromatic heterocycles. The Morgan fingerprint density at radius 1 is 1.28 bits per heavy atom. The first-order valence-corrected chi connectivity index (χ1v) is 11.3. The van der Waals surface area contributed by atoms with Crippen molar-refractivity contribution in [2.24, 2.45) is 0 Å². The van der Waals surface area contributed by atoms with Crippen molar-refractivity contribution in [3.8, 4) is 0 Å². The Kier molecular flexibility index (Phi) is 5.01. The van der Waals surface area contributed by atoms with Crippen molar-refractivity contribution < 1.29 is 5.11 Å². The zero-order valence-corrected chi connectivity index (χ0v) is 17.7. The summed E-state index contributed by atoms with van der Waals surface area (Å²) in [4.78, 5) is 22.7. The van der Waals surface area contributed by atoms with Crippen molar-refractivity contribution in [1.82, 2.24) is 24.8 Å². The van der Waals surface area contributed by atoms with Gasteiger partial charge in [-0.25, -0.2) is 15.0 Å². The summed E-state index contributed by atoms with van der Waals surface area (Å²) in [6, 6.07) is 2.01. The third-order valence-electron chi connectivity index (χ3n) is 6.05. The van der Waals surface area contributed by atoms with Gasteiger partial charge in [-0.05, 0) is 51.6 Å². The Morgan fingerprint density at radius 3 is 3.07 bits per heavy atom. The molecule has 2 aliphatic rings. The van der Waals surface area contributed by atoms with E-state index in [-0.39, 0.29) is 0 Å². The van der Waals surface area contributed by atoms with Crippen LogP contribution in [-0.4, -0.2) is 62.2 Å². The van der Waals surface area contributed by atoms with Gasteiger partial charge in [-0.1, -0.05) is 0 Å². The standard InChI is InChI=1S/C21H28N6OS/c1-26(11-18-25-16-5-2-3-6-17(16)29-18)12-21(28)8-4-10-27(13-21)20-15-7-9-22-19(15)23-14-24-20/h7,9,14,28H,2-6,8,10-13H2,1H3,(H,22,23,24). The second kappa shape index (κ2) is 7.66. The molecule has 2 N–H and O–H groups in total. The van der Waals surface area contributed by atoms with Gasteiger partial charge in [-0.15, -0.1) is 11.3 Å². The minimum atomic E-state index is -0.753. The van der Waals surface area contributed by atoms with Crippen molar-refractivity contribution in [3.05, 3.63) is 34.2 Å². The topological polar surface area (TPSA) is 81.2 Å². The molecule has 1 aliphatic carbocycles. The highest BCUT2D eigenvalue weighted by molar-refractivity contribution is 7.11. The van der Waals surface area contributed by atoms with Gasteiger partial charge in [-0.3, -0.25) is 4.90 Å². The third kappa shape index (κ3) is 3.89. The summed E-state index contributed by atoms with van der Waals surface area (Å²) < 4.78 is 0. The van der Waals surface area contributed by atoms with Crippen LogP contribution in [0.15, 0.2) is 18.6 Å². The number of nitrogens with zero attached hydrogens (tertiary/aromatic N) is 5. The van der Waals surface area contributed by atoms with E-state index in [0.717, 1.165) is 49.2 Å². The molecule has 5 rings (SSSR count). The van der Waals surface area contributed by atoms with E-state index in [4.69, 9.17) is 4.98 Å². The summed E-state index contributed by atoms with van der Waals surface area (Å²) in [5.74, 6) is 0.907. The number of aliphatic hydroxyl groups is 1. The Morgan fingerprint density at radius 2 is 2.17 bits per heavy atom. The number of likely N-dealkylation sites (N-methyl/N-ethyl adjacent to an activating group) is 1. The summed E-state index contributed by atoms with van der Waals surface area (Å²) >= 11 is 1.86. The lowest BCUT2D eigenvalue weighted by atomic mass is 9.92. The molecule has 154 valence electrons. The highest BCUT2D eigenvalue weighted by Gasteiger charge is 2.35. The number of nitrogens with one attached hydrogen (secondary N) is 1. The number of anilines is 1. The number of aryl methyl sites for hydroxylation is 2. The zero-order valence-electron chi connectivity index (χ0n) is 16.9. The summed E-state index contributed by atoms with van der Waals surface area (Å²) in [5, 5.41) is 13.6. The number of hydrogen-bond acceptors (Lipinski definition) is 7. The van der Waals surface area contributed by atoms with Gasteiger partial charge in [0, 0.05) is 30.7 Å². The smallest absolute Gasteiger partial charge is 0.142 e. The fourth-order valence-electron chi connectivity index (χ4n) is 4.80. The number of piperidine rings is 1. The van der Waals surface area contributed by atoms with E-state index in [1.54, 1.807) is 6.33 Å². The number of rotatable bonds is 5. The number of thiazole rings is 1. The van der Waals surface area contributed by atoms with Crippen LogP contribution in [0.25, 0.3) is 11.0 Å². The minimum Gasteiger partial charge on any atom is -0.387 e. The predicted octanol–water partition coefficient (Wildman–Crippen LogP) is 2.76. The van der Waals surface area contributed by atoms with E-state index in [1.165, 1.54) is 34.8 Å².